The van der Waals surface area contributed by atoms with Gasteiger partial charge in [0.05, 0.1) is 13.2 Å². The lowest BCUT2D eigenvalue weighted by Crippen LogP contribution is -2.34. The number of aryl methyl sites for hydroxylation is 2. The summed E-state index contributed by atoms with van der Waals surface area (Å²) in [6.45, 7) is 8.12. The lowest BCUT2D eigenvalue weighted by Gasteiger charge is -2.22. The number of aromatic nitrogens is 8. The standard InChI is InChI=1S/2C23H23N7O2/c2*1-14-6-7-26-18(12-14)28-23(31)16-4-2-15(3-5-16)19-20-21(24)27-8-10-30(20)22(29-19)17-13-25-9-11-32-17/h2*2-8,10,12,17,25H,9,11,13H2,1H3,(H2,24,27)(H,26,28,31)/t2*17-/m00/s1. The number of amides is 2. The fourth-order valence-corrected chi connectivity index (χ4v) is 7.64. The van der Waals surface area contributed by atoms with Crippen molar-refractivity contribution in [1.82, 2.24) is 49.3 Å². The summed E-state index contributed by atoms with van der Waals surface area (Å²) in [4.78, 5) is 51.8. The number of hydrogen-bond acceptors (Lipinski definition) is 14. The Morgan fingerprint density at radius 1 is 0.609 bits per heavy atom. The minimum absolute atomic E-state index is 0.182. The molecule has 8 heterocycles. The van der Waals surface area contributed by atoms with Gasteiger partial charge in [0.15, 0.2) is 0 Å². The first kappa shape index (κ1) is 41.7. The van der Waals surface area contributed by atoms with Crippen molar-refractivity contribution in [2.75, 3.05) is 61.5 Å². The van der Waals surface area contributed by atoms with Gasteiger partial charge in [0, 0.05) is 85.6 Å². The number of pyridine rings is 2. The molecule has 2 aromatic carbocycles. The average molecular weight is 859 g/mol. The van der Waals surface area contributed by atoms with Crippen molar-refractivity contribution in [2.45, 2.75) is 26.1 Å². The molecule has 6 aromatic heterocycles. The number of fused-ring (bicyclic) bond motifs is 2. The molecular weight excluding hydrogens is 813 g/mol. The average Bonchev–Trinajstić information content (AvgIpc) is 3.91. The van der Waals surface area contributed by atoms with Gasteiger partial charge in [-0.2, -0.15) is 0 Å². The highest BCUT2D eigenvalue weighted by atomic mass is 16.5. The molecular formula is C46H46N14O4. The van der Waals surface area contributed by atoms with Crippen LogP contribution in [-0.2, 0) is 9.47 Å². The van der Waals surface area contributed by atoms with Gasteiger partial charge in [-0.1, -0.05) is 24.3 Å². The van der Waals surface area contributed by atoms with E-state index in [-0.39, 0.29) is 24.0 Å². The van der Waals surface area contributed by atoms with Crippen LogP contribution in [0.25, 0.3) is 33.5 Å². The summed E-state index contributed by atoms with van der Waals surface area (Å²) >= 11 is 0. The van der Waals surface area contributed by atoms with Gasteiger partial charge in [-0.15, -0.1) is 0 Å². The molecule has 2 aliphatic heterocycles. The predicted octanol–water partition coefficient (Wildman–Crippen LogP) is 5.19. The molecule has 18 nitrogen and oxygen atoms in total. The van der Waals surface area contributed by atoms with Crippen LogP contribution in [0.1, 0.15) is 55.7 Å². The zero-order chi connectivity index (χ0) is 44.2. The number of ether oxygens (including phenoxy) is 2. The number of nitrogens with one attached hydrogen (secondary N) is 4. The number of hydrogen-bond donors (Lipinski definition) is 6. The largest absolute Gasteiger partial charge is 0.382 e. The van der Waals surface area contributed by atoms with E-state index in [0.29, 0.717) is 72.1 Å². The Bertz CT molecular complexity index is 2760. The van der Waals surface area contributed by atoms with E-state index >= 15 is 0 Å². The molecule has 0 bridgehead atoms. The minimum Gasteiger partial charge on any atom is -0.382 e. The number of nitrogens with two attached hydrogens (primary N) is 2. The Hall–Kier alpha value is -7.64. The first-order valence-electron chi connectivity index (χ1n) is 20.8. The van der Waals surface area contributed by atoms with Gasteiger partial charge in [0.25, 0.3) is 11.8 Å². The number of benzene rings is 2. The molecule has 0 radical (unpaired) electrons. The van der Waals surface area contributed by atoms with Crippen molar-refractivity contribution in [2.24, 2.45) is 0 Å². The highest BCUT2D eigenvalue weighted by Crippen LogP contribution is 2.33. The van der Waals surface area contributed by atoms with Crippen molar-refractivity contribution < 1.29 is 19.1 Å². The molecule has 0 unspecified atom stereocenters. The van der Waals surface area contributed by atoms with Gasteiger partial charge in [0.1, 0.15) is 69.5 Å². The summed E-state index contributed by atoms with van der Waals surface area (Å²) in [5.41, 5.74) is 20.0. The fraction of sp³-hybridized carbons (Fsp3) is 0.217. The van der Waals surface area contributed by atoms with E-state index in [4.69, 9.17) is 30.9 Å². The first-order chi connectivity index (χ1) is 31.2. The number of anilines is 4. The Labute approximate surface area is 367 Å². The topological polar surface area (TPSA) is 239 Å². The van der Waals surface area contributed by atoms with E-state index < -0.39 is 0 Å². The van der Waals surface area contributed by atoms with Crippen LogP contribution in [0.4, 0.5) is 23.3 Å². The maximum absolute atomic E-state index is 12.6. The second kappa shape index (κ2) is 18.4. The number of imidazole rings is 2. The molecule has 8 aromatic rings. The van der Waals surface area contributed by atoms with Gasteiger partial charge in [0.2, 0.25) is 0 Å². The minimum atomic E-state index is -0.229. The lowest BCUT2D eigenvalue weighted by molar-refractivity contribution is 0.0218. The molecule has 0 aliphatic carbocycles. The molecule has 2 saturated heterocycles. The zero-order valence-corrected chi connectivity index (χ0v) is 35.2. The second-order valence-corrected chi connectivity index (χ2v) is 15.3. The molecule has 2 atom stereocenters. The summed E-state index contributed by atoms with van der Waals surface area (Å²) in [6.07, 6.45) is 9.95. The summed E-state index contributed by atoms with van der Waals surface area (Å²) in [5.74, 6) is 2.88. The molecule has 2 amide bonds. The van der Waals surface area contributed by atoms with Crippen LogP contribution >= 0.6 is 0 Å². The quantitative estimate of drug-likeness (QED) is 0.115. The number of nitrogens with zero attached hydrogens (tertiary/aromatic N) is 8. The molecule has 64 heavy (non-hydrogen) atoms. The third-order valence-electron chi connectivity index (χ3n) is 10.8. The molecule has 8 N–H and O–H groups in total. The first-order valence-corrected chi connectivity index (χ1v) is 20.8. The number of carbonyl (C=O) groups excluding carboxylic acids is 2. The second-order valence-electron chi connectivity index (χ2n) is 15.3. The zero-order valence-electron chi connectivity index (χ0n) is 35.2. The molecule has 2 fully saturated rings. The highest BCUT2D eigenvalue weighted by Gasteiger charge is 2.26. The smallest absolute Gasteiger partial charge is 0.256 e. The SMILES string of the molecule is Cc1ccnc(NC(=O)c2ccc(-c3nc([C@@H]4CNCCO4)n4ccnc(N)c34)cc2)c1.Cc1ccnc(NC(=O)c2ccc(-c3nc([C@@H]4CNCCO4)n4ccnc(N)c34)cc2)c1. The molecule has 10 rings (SSSR count). The van der Waals surface area contributed by atoms with Crippen LogP contribution in [0, 0.1) is 13.8 Å². The van der Waals surface area contributed by atoms with Crippen molar-refractivity contribution >= 4 is 46.1 Å². The fourth-order valence-electron chi connectivity index (χ4n) is 7.64. The molecule has 0 saturated carbocycles. The van der Waals surface area contributed by atoms with Crippen LogP contribution in [0.3, 0.4) is 0 Å². The van der Waals surface area contributed by atoms with E-state index in [9.17, 15) is 9.59 Å². The molecule has 18 heteroatoms. The van der Waals surface area contributed by atoms with E-state index in [1.807, 2.05) is 83.6 Å². The third kappa shape index (κ3) is 8.83. The van der Waals surface area contributed by atoms with Crippen molar-refractivity contribution in [3.63, 3.8) is 0 Å². The highest BCUT2D eigenvalue weighted by molar-refractivity contribution is 6.05. The van der Waals surface area contributed by atoms with Crippen molar-refractivity contribution in [3.05, 3.63) is 144 Å². The molecule has 2 aliphatic rings. The Balaban J connectivity index is 0.000000162. The Morgan fingerprint density at radius 2 is 1.03 bits per heavy atom. The van der Waals surface area contributed by atoms with Crippen LogP contribution in [0.15, 0.2) is 110 Å². The summed E-state index contributed by atoms with van der Waals surface area (Å²) in [7, 11) is 0. The number of nitrogen functional groups attached to an aromatic ring is 2. The third-order valence-corrected chi connectivity index (χ3v) is 10.8. The summed E-state index contributed by atoms with van der Waals surface area (Å²) in [6, 6.07) is 21.9. The van der Waals surface area contributed by atoms with E-state index in [1.165, 1.54) is 0 Å². The maximum atomic E-state index is 12.6. The van der Waals surface area contributed by atoms with E-state index in [1.54, 1.807) is 49.1 Å². The van der Waals surface area contributed by atoms with Gasteiger partial charge < -0.3 is 42.2 Å². The van der Waals surface area contributed by atoms with Crippen molar-refractivity contribution in [1.29, 1.82) is 0 Å². The van der Waals surface area contributed by atoms with Gasteiger partial charge in [-0.25, -0.2) is 29.9 Å². The van der Waals surface area contributed by atoms with Crippen molar-refractivity contribution in [3.8, 4) is 22.5 Å². The van der Waals surface area contributed by atoms with Crippen LogP contribution in [-0.4, -0.2) is 89.9 Å². The van der Waals surface area contributed by atoms with Gasteiger partial charge >= 0.3 is 0 Å². The van der Waals surface area contributed by atoms with E-state index in [2.05, 4.69) is 41.2 Å². The maximum Gasteiger partial charge on any atom is 0.256 e. The number of rotatable bonds is 8. The van der Waals surface area contributed by atoms with Gasteiger partial charge in [-0.05, 0) is 73.5 Å². The normalized spacial score (nSPS) is 16.2. The number of carbonyl (C=O) groups is 2. The molecule has 0 spiro atoms. The summed E-state index contributed by atoms with van der Waals surface area (Å²) < 4.78 is 15.7. The van der Waals surface area contributed by atoms with Gasteiger partial charge in [-0.3, -0.25) is 18.4 Å². The Kier molecular flexibility index (Phi) is 12.0. The number of morpholine rings is 2. The lowest BCUT2D eigenvalue weighted by atomic mass is 10.1. The molecule has 324 valence electrons. The monoisotopic (exact) mass is 858 g/mol. The van der Waals surface area contributed by atoms with Crippen LogP contribution in [0.5, 0.6) is 0 Å². The van der Waals surface area contributed by atoms with Crippen LogP contribution < -0.4 is 32.7 Å². The summed E-state index contributed by atoms with van der Waals surface area (Å²) in [5, 5.41) is 12.3. The predicted molar refractivity (Wildman–Crippen MR) is 243 cm³/mol. The van der Waals surface area contributed by atoms with E-state index in [0.717, 1.165) is 58.0 Å². The Morgan fingerprint density at radius 3 is 1.41 bits per heavy atom. The van der Waals surface area contributed by atoms with Crippen LogP contribution in [0.2, 0.25) is 0 Å².